The van der Waals surface area contributed by atoms with E-state index in [0.717, 1.165) is 16.1 Å². The zero-order chi connectivity index (χ0) is 23.2. The highest BCUT2D eigenvalue weighted by Gasteiger charge is 2.20. The van der Waals surface area contributed by atoms with Crippen LogP contribution in [0.2, 0.25) is 0 Å². The second-order valence-electron chi connectivity index (χ2n) is 6.98. The lowest BCUT2D eigenvalue weighted by molar-refractivity contribution is -0.122. The predicted octanol–water partition coefficient (Wildman–Crippen LogP) is 3.36. The Balaban J connectivity index is 2.08. The summed E-state index contributed by atoms with van der Waals surface area (Å²) in [5, 5.41) is 2.83. The summed E-state index contributed by atoms with van der Waals surface area (Å²) < 4.78 is 35.2. The van der Waals surface area contributed by atoms with E-state index in [4.69, 9.17) is 9.47 Å². The second-order valence-corrected chi connectivity index (χ2v) is 8.99. The molecule has 1 unspecified atom stereocenters. The van der Waals surface area contributed by atoms with Gasteiger partial charge in [0.05, 0.1) is 24.1 Å². The summed E-state index contributed by atoms with van der Waals surface area (Å²) in [6.07, 6.45) is 0.801. The number of carbonyl (C=O) groups excluding carboxylic acids is 2. The number of anilines is 2. The van der Waals surface area contributed by atoms with Crippen molar-refractivity contribution in [1.82, 2.24) is 0 Å². The van der Waals surface area contributed by atoms with Gasteiger partial charge in [0.25, 0.3) is 5.91 Å². The van der Waals surface area contributed by atoms with Crippen molar-refractivity contribution in [3.63, 3.8) is 0 Å². The molecule has 2 rings (SSSR count). The van der Waals surface area contributed by atoms with Crippen LogP contribution in [0, 0.1) is 6.92 Å². The Morgan fingerprint density at radius 2 is 1.74 bits per heavy atom. The van der Waals surface area contributed by atoms with E-state index < -0.39 is 22.1 Å². The summed E-state index contributed by atoms with van der Waals surface area (Å²) >= 11 is 0. The lowest BCUT2D eigenvalue weighted by Crippen LogP contribution is -2.32. The van der Waals surface area contributed by atoms with Crippen LogP contribution in [0.4, 0.5) is 11.4 Å². The minimum atomic E-state index is -3.36. The molecule has 0 saturated heterocycles. The van der Waals surface area contributed by atoms with E-state index in [1.807, 2.05) is 6.92 Å². The first kappa shape index (κ1) is 24.2. The fourth-order valence-corrected chi connectivity index (χ4v) is 3.28. The molecule has 9 heteroatoms. The van der Waals surface area contributed by atoms with Gasteiger partial charge in [-0.2, -0.15) is 0 Å². The fraction of sp³-hybridized carbons (Fsp3) is 0.364. The first-order chi connectivity index (χ1) is 14.6. The average molecular weight is 449 g/mol. The summed E-state index contributed by atoms with van der Waals surface area (Å²) in [6.45, 7) is 5.64. The number of amides is 1. The third-order valence-corrected chi connectivity index (χ3v) is 5.84. The van der Waals surface area contributed by atoms with Gasteiger partial charge in [0.1, 0.15) is 5.75 Å². The number of aryl methyl sites for hydroxylation is 1. The van der Waals surface area contributed by atoms with Crippen LogP contribution in [0.3, 0.4) is 0 Å². The summed E-state index contributed by atoms with van der Waals surface area (Å²) in [4.78, 5) is 24.6. The number of ether oxygens (including phenoxy) is 2. The molecule has 1 N–H and O–H groups in total. The van der Waals surface area contributed by atoms with Crippen LogP contribution in [-0.4, -0.2) is 46.3 Å². The molecule has 0 aromatic heterocycles. The van der Waals surface area contributed by atoms with Gasteiger partial charge in [-0.25, -0.2) is 13.2 Å². The van der Waals surface area contributed by atoms with Crippen molar-refractivity contribution >= 4 is 33.3 Å². The molecule has 168 valence electrons. The zero-order valence-electron chi connectivity index (χ0n) is 18.3. The molecule has 0 radical (unpaired) electrons. The van der Waals surface area contributed by atoms with Gasteiger partial charge in [-0.3, -0.25) is 9.10 Å². The number of carbonyl (C=O) groups is 2. The van der Waals surface area contributed by atoms with Gasteiger partial charge in [0.15, 0.2) is 6.10 Å². The summed E-state index contributed by atoms with van der Waals surface area (Å²) in [6, 6.07) is 11.4. The number of esters is 1. The Kier molecular flexibility index (Phi) is 8.04. The topological polar surface area (TPSA) is 102 Å². The van der Waals surface area contributed by atoms with E-state index in [2.05, 4.69) is 5.32 Å². The van der Waals surface area contributed by atoms with Crippen LogP contribution >= 0.6 is 0 Å². The van der Waals surface area contributed by atoms with Crippen molar-refractivity contribution in [3.8, 4) is 5.75 Å². The molecule has 0 aliphatic rings. The number of nitrogens with one attached hydrogen (secondary N) is 1. The maximum absolute atomic E-state index is 12.7. The van der Waals surface area contributed by atoms with Gasteiger partial charge in [0, 0.05) is 12.7 Å². The van der Waals surface area contributed by atoms with Crippen LogP contribution in [0.1, 0.15) is 36.2 Å². The first-order valence-corrected chi connectivity index (χ1v) is 11.7. The van der Waals surface area contributed by atoms with E-state index in [-0.39, 0.29) is 12.5 Å². The van der Waals surface area contributed by atoms with Crippen LogP contribution in [-0.2, 0) is 19.6 Å². The molecule has 0 bridgehead atoms. The SMILES string of the molecule is CCOC(=O)c1ccc(NC(=O)C(CC)Oc2ccc(N(C)S(C)(=O)=O)cc2)c(C)c1. The Labute approximate surface area is 183 Å². The standard InChI is InChI=1S/C22H28N2O6S/c1-6-20(30-18-11-9-17(10-12-18)24(4)31(5,27)28)21(25)23-19-13-8-16(14-15(19)3)22(26)29-7-2/h8-14,20H,6-7H2,1-5H3,(H,23,25). The molecule has 0 aliphatic carbocycles. The van der Waals surface area contributed by atoms with E-state index in [1.54, 1.807) is 56.3 Å². The summed E-state index contributed by atoms with van der Waals surface area (Å²) in [5.41, 5.74) is 2.21. The summed E-state index contributed by atoms with van der Waals surface area (Å²) in [7, 11) is -1.90. The van der Waals surface area contributed by atoms with Gasteiger partial charge in [-0.05, 0) is 68.3 Å². The van der Waals surface area contributed by atoms with Crippen molar-refractivity contribution < 1.29 is 27.5 Å². The number of hydrogen-bond donors (Lipinski definition) is 1. The maximum atomic E-state index is 12.7. The minimum Gasteiger partial charge on any atom is -0.481 e. The van der Waals surface area contributed by atoms with Crippen molar-refractivity contribution in [2.75, 3.05) is 29.5 Å². The van der Waals surface area contributed by atoms with E-state index in [9.17, 15) is 18.0 Å². The third-order valence-electron chi connectivity index (χ3n) is 4.63. The van der Waals surface area contributed by atoms with Crippen LogP contribution in [0.25, 0.3) is 0 Å². The number of rotatable bonds is 9. The van der Waals surface area contributed by atoms with Gasteiger partial charge in [-0.15, -0.1) is 0 Å². The lowest BCUT2D eigenvalue weighted by atomic mass is 10.1. The Morgan fingerprint density at radius 1 is 1.10 bits per heavy atom. The normalized spacial score (nSPS) is 12.0. The van der Waals surface area contributed by atoms with E-state index >= 15 is 0 Å². The molecule has 31 heavy (non-hydrogen) atoms. The lowest BCUT2D eigenvalue weighted by Gasteiger charge is -2.20. The van der Waals surface area contributed by atoms with E-state index in [0.29, 0.717) is 29.1 Å². The predicted molar refractivity (Wildman–Crippen MR) is 120 cm³/mol. The molecule has 2 aromatic rings. The molecule has 0 spiro atoms. The fourth-order valence-electron chi connectivity index (χ4n) is 2.77. The van der Waals surface area contributed by atoms with Crippen molar-refractivity contribution in [2.45, 2.75) is 33.3 Å². The smallest absolute Gasteiger partial charge is 0.338 e. The first-order valence-electron chi connectivity index (χ1n) is 9.86. The summed E-state index contributed by atoms with van der Waals surface area (Å²) in [5.74, 6) is -0.294. The highest BCUT2D eigenvalue weighted by atomic mass is 32.2. The Hall–Kier alpha value is -3.07. The Bertz CT molecular complexity index is 1030. The largest absolute Gasteiger partial charge is 0.481 e. The molecule has 0 aliphatic heterocycles. The molecule has 0 heterocycles. The quantitative estimate of drug-likeness (QED) is 0.590. The third kappa shape index (κ3) is 6.45. The molecular weight excluding hydrogens is 420 g/mol. The maximum Gasteiger partial charge on any atom is 0.338 e. The number of sulfonamides is 1. The van der Waals surface area contributed by atoms with Crippen molar-refractivity contribution in [2.24, 2.45) is 0 Å². The van der Waals surface area contributed by atoms with Gasteiger partial charge in [-0.1, -0.05) is 6.92 Å². The number of hydrogen-bond acceptors (Lipinski definition) is 6. The molecule has 1 atom stereocenters. The molecule has 2 aromatic carbocycles. The minimum absolute atomic E-state index is 0.289. The Morgan fingerprint density at radius 3 is 2.26 bits per heavy atom. The second kappa shape index (κ2) is 10.3. The van der Waals surface area contributed by atoms with E-state index in [1.165, 1.54) is 7.05 Å². The van der Waals surface area contributed by atoms with Crippen LogP contribution < -0.4 is 14.4 Å². The van der Waals surface area contributed by atoms with Gasteiger partial charge in [0.2, 0.25) is 10.0 Å². The van der Waals surface area contributed by atoms with Crippen molar-refractivity contribution in [3.05, 3.63) is 53.6 Å². The molecular formula is C22H28N2O6S. The van der Waals surface area contributed by atoms with Crippen LogP contribution in [0.15, 0.2) is 42.5 Å². The van der Waals surface area contributed by atoms with Crippen molar-refractivity contribution in [1.29, 1.82) is 0 Å². The number of benzene rings is 2. The molecule has 8 nitrogen and oxygen atoms in total. The highest BCUT2D eigenvalue weighted by Crippen LogP contribution is 2.23. The number of nitrogens with zero attached hydrogens (tertiary/aromatic N) is 1. The average Bonchev–Trinajstić information content (AvgIpc) is 2.72. The van der Waals surface area contributed by atoms with Crippen LogP contribution in [0.5, 0.6) is 5.75 Å². The molecule has 1 amide bonds. The van der Waals surface area contributed by atoms with Gasteiger partial charge < -0.3 is 14.8 Å². The zero-order valence-corrected chi connectivity index (χ0v) is 19.2. The molecule has 0 saturated carbocycles. The monoisotopic (exact) mass is 448 g/mol. The highest BCUT2D eigenvalue weighted by molar-refractivity contribution is 7.92. The molecule has 0 fully saturated rings. The van der Waals surface area contributed by atoms with Gasteiger partial charge >= 0.3 is 5.97 Å².